The molecule has 1 atom stereocenters. The third-order valence-electron chi connectivity index (χ3n) is 4.78. The summed E-state index contributed by atoms with van der Waals surface area (Å²) in [6.07, 6.45) is 4.23. The van der Waals surface area contributed by atoms with E-state index in [0.29, 0.717) is 18.2 Å². The summed E-state index contributed by atoms with van der Waals surface area (Å²) >= 11 is 1.44. The first-order valence-electron chi connectivity index (χ1n) is 9.76. The normalized spacial score (nSPS) is 11.9. The summed E-state index contributed by atoms with van der Waals surface area (Å²) in [5, 5.41) is 3.54. The molecule has 2 heterocycles. The van der Waals surface area contributed by atoms with Gasteiger partial charge in [-0.05, 0) is 55.0 Å². The van der Waals surface area contributed by atoms with Crippen molar-refractivity contribution in [3.63, 3.8) is 0 Å². The number of amides is 1. The first-order chi connectivity index (χ1) is 14.7. The highest BCUT2D eigenvalue weighted by molar-refractivity contribution is 7.22. The lowest BCUT2D eigenvalue weighted by Crippen LogP contribution is -2.19. The average Bonchev–Trinajstić information content (AvgIpc) is 3.42. The molecule has 2 aromatic heterocycles. The van der Waals surface area contributed by atoms with Crippen LogP contribution in [0.15, 0.2) is 67.0 Å². The van der Waals surface area contributed by atoms with E-state index in [1.807, 2.05) is 78.5 Å². The Morgan fingerprint density at radius 2 is 1.87 bits per heavy atom. The molecule has 0 fully saturated rings. The van der Waals surface area contributed by atoms with Crippen molar-refractivity contribution in [3.8, 4) is 11.5 Å². The van der Waals surface area contributed by atoms with Crippen molar-refractivity contribution in [1.82, 2.24) is 9.55 Å². The van der Waals surface area contributed by atoms with Crippen LogP contribution in [0, 0.1) is 0 Å². The number of ether oxygens (including phenoxy) is 2. The average molecular weight is 422 g/mol. The third-order valence-corrected chi connectivity index (χ3v) is 5.72. The fraction of sp³-hybridized carbons (Fsp3) is 0.217. The highest BCUT2D eigenvalue weighted by Crippen LogP contribution is 2.30. The maximum absolute atomic E-state index is 12.9. The summed E-state index contributed by atoms with van der Waals surface area (Å²) in [7, 11) is 1.64. The first-order valence-corrected chi connectivity index (χ1v) is 10.6. The van der Waals surface area contributed by atoms with E-state index in [1.54, 1.807) is 7.11 Å². The van der Waals surface area contributed by atoms with E-state index < -0.39 is 0 Å². The minimum Gasteiger partial charge on any atom is -0.497 e. The van der Waals surface area contributed by atoms with Gasteiger partial charge in [-0.3, -0.25) is 4.79 Å². The van der Waals surface area contributed by atoms with E-state index in [0.717, 1.165) is 27.3 Å². The summed E-state index contributed by atoms with van der Waals surface area (Å²) in [5.41, 5.74) is 1.88. The lowest BCUT2D eigenvalue weighted by atomic mass is 10.0. The molecule has 7 heteroatoms. The Kier molecular flexibility index (Phi) is 5.99. The Labute approximate surface area is 179 Å². The van der Waals surface area contributed by atoms with Crippen LogP contribution in [0.4, 0.5) is 5.13 Å². The zero-order chi connectivity index (χ0) is 20.9. The molecule has 1 amide bonds. The van der Waals surface area contributed by atoms with Crippen molar-refractivity contribution in [2.75, 3.05) is 19.0 Å². The highest BCUT2D eigenvalue weighted by atomic mass is 32.1. The topological polar surface area (TPSA) is 65.4 Å². The number of thiazole rings is 1. The second-order valence-corrected chi connectivity index (χ2v) is 7.78. The van der Waals surface area contributed by atoms with E-state index in [9.17, 15) is 4.79 Å². The Morgan fingerprint density at radius 3 is 2.57 bits per heavy atom. The molecule has 0 spiro atoms. The summed E-state index contributed by atoms with van der Waals surface area (Å²) in [6, 6.07) is 17.3. The number of carbonyl (C=O) groups is 1. The number of nitrogens with one attached hydrogen (secondary N) is 1. The number of carbonyl (C=O) groups excluding carboxylic acids is 1. The second-order valence-electron chi connectivity index (χ2n) is 6.75. The molecule has 154 valence electrons. The maximum atomic E-state index is 12.9. The van der Waals surface area contributed by atoms with Gasteiger partial charge in [0.1, 0.15) is 11.5 Å². The van der Waals surface area contributed by atoms with Gasteiger partial charge in [0.15, 0.2) is 5.13 Å². The van der Waals surface area contributed by atoms with Crippen molar-refractivity contribution in [1.29, 1.82) is 0 Å². The summed E-state index contributed by atoms with van der Waals surface area (Å²) in [4.78, 5) is 17.4. The molecule has 30 heavy (non-hydrogen) atoms. The van der Waals surface area contributed by atoms with Crippen LogP contribution in [-0.4, -0.2) is 29.2 Å². The van der Waals surface area contributed by atoms with Gasteiger partial charge in [-0.25, -0.2) is 4.98 Å². The van der Waals surface area contributed by atoms with Crippen LogP contribution < -0.4 is 14.8 Å². The molecule has 0 aliphatic carbocycles. The molecule has 4 aromatic rings. The van der Waals surface area contributed by atoms with Crippen LogP contribution >= 0.6 is 11.3 Å². The van der Waals surface area contributed by atoms with Gasteiger partial charge < -0.3 is 19.4 Å². The molecule has 1 N–H and O–H groups in total. The van der Waals surface area contributed by atoms with Gasteiger partial charge in [-0.1, -0.05) is 23.5 Å². The van der Waals surface area contributed by atoms with E-state index in [2.05, 4.69) is 10.3 Å². The molecular formula is C23H23N3O3S. The molecule has 0 aliphatic heterocycles. The minimum absolute atomic E-state index is 0.0893. The largest absolute Gasteiger partial charge is 0.497 e. The highest BCUT2D eigenvalue weighted by Gasteiger charge is 2.19. The van der Waals surface area contributed by atoms with Crippen molar-refractivity contribution < 1.29 is 14.3 Å². The molecule has 0 saturated carbocycles. The number of nitrogens with zero attached hydrogens (tertiary/aromatic N) is 2. The van der Waals surface area contributed by atoms with Gasteiger partial charge in [0.2, 0.25) is 5.91 Å². The maximum Gasteiger partial charge on any atom is 0.228 e. The van der Waals surface area contributed by atoms with Gasteiger partial charge in [-0.15, -0.1) is 0 Å². The Bertz CT molecular complexity index is 1120. The number of fused-ring (bicyclic) bond motifs is 1. The lowest BCUT2D eigenvalue weighted by Gasteiger charge is -2.19. The smallest absolute Gasteiger partial charge is 0.228 e. The number of benzene rings is 2. The zero-order valence-corrected chi connectivity index (χ0v) is 17.7. The van der Waals surface area contributed by atoms with Crippen LogP contribution in [0.2, 0.25) is 0 Å². The van der Waals surface area contributed by atoms with Gasteiger partial charge in [0.25, 0.3) is 0 Å². The van der Waals surface area contributed by atoms with Crippen molar-refractivity contribution in [3.05, 3.63) is 72.6 Å². The van der Waals surface area contributed by atoms with E-state index in [1.165, 1.54) is 11.3 Å². The number of anilines is 1. The monoisotopic (exact) mass is 421 g/mol. The third kappa shape index (κ3) is 4.46. The van der Waals surface area contributed by atoms with Crippen molar-refractivity contribution in [2.45, 2.75) is 19.4 Å². The van der Waals surface area contributed by atoms with Gasteiger partial charge >= 0.3 is 0 Å². The first kappa shape index (κ1) is 20.0. The Morgan fingerprint density at radius 1 is 1.13 bits per heavy atom. The van der Waals surface area contributed by atoms with Gasteiger partial charge in [0.05, 0.1) is 36.4 Å². The predicted molar refractivity (Wildman–Crippen MR) is 120 cm³/mol. The summed E-state index contributed by atoms with van der Waals surface area (Å²) < 4.78 is 13.8. The van der Waals surface area contributed by atoms with Crippen molar-refractivity contribution >= 4 is 32.6 Å². The summed E-state index contributed by atoms with van der Waals surface area (Å²) in [5.74, 6) is 1.50. The molecule has 0 bridgehead atoms. The van der Waals surface area contributed by atoms with Gasteiger partial charge in [0, 0.05) is 12.4 Å². The number of methoxy groups -OCH3 is 1. The van der Waals surface area contributed by atoms with Crippen LogP contribution in [-0.2, 0) is 4.79 Å². The quantitative estimate of drug-likeness (QED) is 0.429. The molecule has 0 radical (unpaired) electrons. The molecule has 4 rings (SSSR count). The standard InChI is InChI=1S/C23H23N3O3S/c1-3-29-18-10-11-19-21(14-18)30-23(24-19)25-22(27)15-20(26-12-4-5-13-26)16-6-8-17(28-2)9-7-16/h4-14,20H,3,15H2,1-2H3,(H,24,25,27). The summed E-state index contributed by atoms with van der Waals surface area (Å²) in [6.45, 7) is 2.56. The van der Waals surface area contributed by atoms with Crippen LogP contribution in [0.25, 0.3) is 10.2 Å². The molecule has 0 aliphatic rings. The Balaban J connectivity index is 1.51. The fourth-order valence-electron chi connectivity index (χ4n) is 3.34. The molecule has 6 nitrogen and oxygen atoms in total. The van der Waals surface area contributed by atoms with Crippen LogP contribution in [0.1, 0.15) is 24.9 Å². The van der Waals surface area contributed by atoms with Crippen molar-refractivity contribution in [2.24, 2.45) is 0 Å². The number of hydrogen-bond acceptors (Lipinski definition) is 5. The zero-order valence-electron chi connectivity index (χ0n) is 16.9. The molecular weight excluding hydrogens is 398 g/mol. The molecule has 1 unspecified atom stereocenters. The minimum atomic E-state index is -0.121. The predicted octanol–water partition coefficient (Wildman–Crippen LogP) is 5.12. The van der Waals surface area contributed by atoms with Crippen LogP contribution in [0.5, 0.6) is 11.5 Å². The molecule has 0 saturated heterocycles. The lowest BCUT2D eigenvalue weighted by molar-refractivity contribution is -0.116. The SMILES string of the molecule is CCOc1ccc2nc(NC(=O)CC(c3ccc(OC)cc3)n3cccc3)sc2c1. The number of rotatable bonds is 8. The van der Waals surface area contributed by atoms with Gasteiger partial charge in [-0.2, -0.15) is 0 Å². The number of aromatic nitrogens is 2. The number of hydrogen-bond donors (Lipinski definition) is 1. The van der Waals surface area contributed by atoms with Crippen LogP contribution in [0.3, 0.4) is 0 Å². The fourth-order valence-corrected chi connectivity index (χ4v) is 4.25. The Hall–Kier alpha value is -3.32. The van der Waals surface area contributed by atoms with E-state index >= 15 is 0 Å². The van der Waals surface area contributed by atoms with E-state index in [4.69, 9.17) is 9.47 Å². The second kappa shape index (κ2) is 9.00. The van der Waals surface area contributed by atoms with E-state index in [-0.39, 0.29) is 11.9 Å². The molecule has 2 aromatic carbocycles.